The van der Waals surface area contributed by atoms with Gasteiger partial charge in [0.25, 0.3) is 0 Å². The Labute approximate surface area is 110 Å². The van der Waals surface area contributed by atoms with E-state index in [2.05, 4.69) is 48.2 Å². The monoisotopic (exact) mass is 307 g/mol. The molecule has 0 aromatic carbocycles. The summed E-state index contributed by atoms with van der Waals surface area (Å²) in [6, 6.07) is 0. The van der Waals surface area contributed by atoms with Crippen LogP contribution in [0.15, 0.2) is 0 Å². The summed E-state index contributed by atoms with van der Waals surface area (Å²) in [5, 5.41) is 0. The predicted octanol–water partition coefficient (Wildman–Crippen LogP) is 1.53. The fourth-order valence-electron chi connectivity index (χ4n) is 0.222. The highest BCUT2D eigenvalue weighted by Crippen LogP contribution is 2.21. The second kappa shape index (κ2) is 7.70. The molecule has 14 heavy (non-hydrogen) atoms. The van der Waals surface area contributed by atoms with Crippen LogP contribution in [0.25, 0.3) is 0 Å². The minimum absolute atomic E-state index is 0.208. The van der Waals surface area contributed by atoms with Crippen LogP contribution >= 0.6 is 71.7 Å². The van der Waals surface area contributed by atoms with Gasteiger partial charge in [-0.2, -0.15) is 9.19 Å². The third kappa shape index (κ3) is 7.82. The highest BCUT2D eigenvalue weighted by molar-refractivity contribution is 8.89. The lowest BCUT2D eigenvalue weighted by molar-refractivity contribution is 0.119. The van der Waals surface area contributed by atoms with E-state index in [0.29, 0.717) is 3.71 Å². The molecule has 0 bridgehead atoms. The van der Waals surface area contributed by atoms with Gasteiger partial charge in [0.15, 0.2) is 4.32 Å². The Morgan fingerprint density at radius 1 is 1.43 bits per heavy atom. The molecule has 0 rings (SSSR count). The van der Waals surface area contributed by atoms with Gasteiger partial charge in [0.05, 0.1) is 0 Å². The van der Waals surface area contributed by atoms with Crippen molar-refractivity contribution in [2.45, 2.75) is 0 Å². The van der Waals surface area contributed by atoms with Crippen molar-refractivity contribution in [3.63, 3.8) is 0 Å². The van der Waals surface area contributed by atoms with Crippen LogP contribution in [-0.2, 0) is 4.84 Å². The van der Waals surface area contributed by atoms with E-state index in [9.17, 15) is 4.79 Å². The van der Waals surface area contributed by atoms with Gasteiger partial charge in [-0.25, -0.2) is 4.79 Å². The van der Waals surface area contributed by atoms with Crippen LogP contribution in [0.5, 0.6) is 0 Å². The average Bonchev–Trinajstić information content (AvgIpc) is 2.10. The van der Waals surface area contributed by atoms with E-state index in [1.807, 2.05) is 0 Å². The third-order valence-corrected chi connectivity index (χ3v) is 3.90. The number of hydroxylamine groups is 1. The van der Waals surface area contributed by atoms with Crippen molar-refractivity contribution in [2.24, 2.45) is 5.73 Å². The van der Waals surface area contributed by atoms with Crippen molar-refractivity contribution < 1.29 is 9.63 Å². The highest BCUT2D eigenvalue weighted by Gasteiger charge is 2.08. The van der Waals surface area contributed by atoms with E-state index in [1.54, 1.807) is 0 Å². The van der Waals surface area contributed by atoms with Gasteiger partial charge in [-0.1, -0.05) is 12.2 Å². The number of hydrogen-bond donors (Lipinski definition) is 4. The van der Waals surface area contributed by atoms with Crippen LogP contribution < -0.4 is 11.2 Å². The van der Waals surface area contributed by atoms with Gasteiger partial charge in [0.1, 0.15) is 4.32 Å². The van der Waals surface area contributed by atoms with E-state index in [-0.39, 0.29) is 8.64 Å². The first kappa shape index (κ1) is 14.5. The normalized spacial score (nSPS) is 9.00. The zero-order valence-electron chi connectivity index (χ0n) is 6.37. The molecule has 0 atom stereocenters. The summed E-state index contributed by atoms with van der Waals surface area (Å²) in [7, 11) is 2.14. The van der Waals surface area contributed by atoms with Crippen LogP contribution in [0, 0.1) is 0 Å². The number of nitrogens with one attached hydrogen (secondary N) is 1. The molecule has 0 radical (unpaired) electrons. The maximum Gasteiger partial charge on any atom is 0.454 e. The Balaban J connectivity index is 3.64. The smallest absolute Gasteiger partial charge is 0.384 e. The molecule has 0 fully saturated rings. The fraction of sp³-hybridized carbons (Fsp3) is 0. The highest BCUT2D eigenvalue weighted by atomic mass is 33.1. The molecular weight excluding hydrogens is 302 g/mol. The number of nitrogens with zero attached hydrogens (tertiary/aromatic N) is 1. The average molecular weight is 307 g/mol. The topological polar surface area (TPSA) is 67.6 Å². The molecule has 0 saturated heterocycles. The zero-order valence-corrected chi connectivity index (χ0v) is 11.4. The molecule has 0 aliphatic heterocycles. The number of hydrogen-bond acceptors (Lipinski definition) is 8. The number of carbonyl (C=O) groups excluding carboxylic acids is 1. The first-order valence-electron chi connectivity index (χ1n) is 2.76. The third-order valence-electron chi connectivity index (χ3n) is 0.584. The van der Waals surface area contributed by atoms with E-state index < -0.39 is 6.09 Å². The summed E-state index contributed by atoms with van der Waals surface area (Å²) < 4.78 is 1.09. The number of thiol groups is 2. The van der Waals surface area contributed by atoms with Crippen molar-refractivity contribution in [3.05, 3.63) is 0 Å². The summed E-state index contributed by atoms with van der Waals surface area (Å²) in [5.41, 5.74) is 7.38. The van der Waals surface area contributed by atoms with Gasteiger partial charge >= 0.3 is 6.09 Å². The van der Waals surface area contributed by atoms with Crippen LogP contribution in [0.3, 0.4) is 0 Å². The Kier molecular flexibility index (Phi) is 7.95. The van der Waals surface area contributed by atoms with Gasteiger partial charge < -0.3 is 10.6 Å². The summed E-state index contributed by atoms with van der Waals surface area (Å²) >= 11 is 16.5. The molecule has 0 aliphatic rings. The van der Waals surface area contributed by atoms with Crippen molar-refractivity contribution in [2.75, 3.05) is 0 Å². The number of amides is 1. The fourth-order valence-corrected chi connectivity index (χ4v) is 1.77. The summed E-state index contributed by atoms with van der Waals surface area (Å²) in [6.45, 7) is 0. The van der Waals surface area contributed by atoms with Gasteiger partial charge in [0.2, 0.25) is 0 Å². The zero-order chi connectivity index (χ0) is 11.1. The second-order valence-electron chi connectivity index (χ2n) is 1.53. The predicted molar refractivity (Wildman–Crippen MR) is 74.0 cm³/mol. The second-order valence-corrected chi connectivity index (χ2v) is 6.19. The molecule has 0 unspecified atom stereocenters. The molecule has 0 aliphatic carbocycles. The van der Waals surface area contributed by atoms with Crippen LogP contribution in [0.4, 0.5) is 4.79 Å². The van der Waals surface area contributed by atoms with Crippen LogP contribution in [0.1, 0.15) is 0 Å². The molecule has 0 aromatic heterocycles. The van der Waals surface area contributed by atoms with Crippen molar-refractivity contribution in [3.8, 4) is 0 Å². The van der Waals surface area contributed by atoms with Gasteiger partial charge in [-0.15, -0.1) is 0 Å². The van der Waals surface area contributed by atoms with Crippen LogP contribution in [-0.4, -0.2) is 18.4 Å². The molecule has 0 heterocycles. The Morgan fingerprint density at radius 3 is 2.43 bits per heavy atom. The first-order chi connectivity index (χ1) is 6.43. The number of nitrogens with two attached hydrogens (primary N) is 1. The molecule has 80 valence electrons. The van der Waals surface area contributed by atoms with Crippen molar-refractivity contribution in [1.29, 1.82) is 0 Å². The van der Waals surface area contributed by atoms with Gasteiger partial charge in [-0.05, 0) is 59.4 Å². The summed E-state index contributed by atoms with van der Waals surface area (Å²) in [6.07, 6.45) is -0.806. The van der Waals surface area contributed by atoms with Crippen molar-refractivity contribution >= 4 is 86.4 Å². The van der Waals surface area contributed by atoms with E-state index in [1.165, 1.54) is 0 Å². The van der Waals surface area contributed by atoms with E-state index in [0.717, 1.165) is 21.6 Å². The lowest BCUT2D eigenvalue weighted by atomic mass is 11.3. The lowest BCUT2D eigenvalue weighted by Gasteiger charge is -2.09. The molecular formula is C3H5N3O2S6. The van der Waals surface area contributed by atoms with Crippen molar-refractivity contribution in [1.82, 2.24) is 9.19 Å². The van der Waals surface area contributed by atoms with Crippen LogP contribution in [0.2, 0.25) is 0 Å². The minimum atomic E-state index is -0.806. The minimum Gasteiger partial charge on any atom is -0.384 e. The summed E-state index contributed by atoms with van der Waals surface area (Å²) in [4.78, 5) is 15.2. The summed E-state index contributed by atoms with van der Waals surface area (Å²) in [5.74, 6) is 0. The molecule has 1 amide bonds. The largest absolute Gasteiger partial charge is 0.454 e. The standard InChI is InChI=1S/C3H5N3O2S6/c4-1(9)13-14-2(10)5-8-3(7)6(11)12/h11-12H,(H2,4,9)(H,5,10). The van der Waals surface area contributed by atoms with Gasteiger partial charge in [0, 0.05) is 0 Å². The lowest BCUT2D eigenvalue weighted by Crippen LogP contribution is -2.26. The number of rotatable bonds is 0. The number of thiocarbonyl (C=S) groups is 2. The number of carbonyl (C=O) groups is 1. The van der Waals surface area contributed by atoms with E-state index >= 15 is 0 Å². The molecule has 0 saturated carbocycles. The van der Waals surface area contributed by atoms with Gasteiger partial charge in [-0.3, -0.25) is 0 Å². The maximum atomic E-state index is 10.7. The van der Waals surface area contributed by atoms with E-state index in [4.69, 9.17) is 18.0 Å². The maximum absolute atomic E-state index is 10.7. The SMILES string of the molecule is NC(=S)SSC(=S)NOC(=O)N(S)S. The molecule has 11 heteroatoms. The molecule has 5 nitrogen and oxygen atoms in total. The quantitative estimate of drug-likeness (QED) is 0.233. The molecule has 0 spiro atoms. The molecule has 0 aromatic rings. The Bertz CT molecular complexity index is 244. The molecule has 3 N–H and O–H groups in total. The Hall–Kier alpha value is 0.450. The Morgan fingerprint density at radius 2 is 2.00 bits per heavy atom. The first-order valence-corrected chi connectivity index (χ1v) is 6.52.